The Morgan fingerprint density at radius 1 is 1.09 bits per heavy atom. The molecule has 1 unspecified atom stereocenters. The number of nitrogens with zero attached hydrogens (tertiary/aromatic N) is 1. The summed E-state index contributed by atoms with van der Waals surface area (Å²) in [4.78, 5) is 39.6. The predicted octanol–water partition coefficient (Wildman–Crippen LogP) is 3.67. The van der Waals surface area contributed by atoms with Crippen LogP contribution >= 0.6 is 0 Å². The third-order valence-electron chi connectivity index (χ3n) is 5.68. The van der Waals surface area contributed by atoms with E-state index >= 15 is 0 Å². The van der Waals surface area contributed by atoms with Crippen molar-refractivity contribution in [3.63, 3.8) is 0 Å². The standard InChI is InChI=1S/C26H33N3O4/c1-4-33-22-13-11-20(12-14-22)25(31)28-24(18(2)3)26(32)27-17-19-8-7-9-21(16-19)29-15-6-5-10-23(29)30/h7-9,11-14,16,18,24H,4-6,10,15,17H2,1-3H3,(H,27,32)(H,28,31). The SMILES string of the molecule is CCOc1ccc(C(=O)NC(C(=O)NCc2cccc(N3CCCCC3=O)c2)C(C)C)cc1. The quantitative estimate of drug-likeness (QED) is 0.609. The topological polar surface area (TPSA) is 87.7 Å². The first kappa shape index (κ1) is 24.3. The Kier molecular flexibility index (Phi) is 8.46. The van der Waals surface area contributed by atoms with Gasteiger partial charge in [0.2, 0.25) is 11.8 Å². The zero-order valence-corrected chi connectivity index (χ0v) is 19.6. The van der Waals surface area contributed by atoms with Gasteiger partial charge >= 0.3 is 0 Å². The summed E-state index contributed by atoms with van der Waals surface area (Å²) in [5.74, 6) is 0.190. The summed E-state index contributed by atoms with van der Waals surface area (Å²) in [6.45, 7) is 7.28. The third kappa shape index (κ3) is 6.57. The van der Waals surface area contributed by atoms with Crippen molar-refractivity contribution >= 4 is 23.4 Å². The molecule has 1 aliphatic rings. The molecule has 1 atom stereocenters. The zero-order valence-electron chi connectivity index (χ0n) is 19.6. The lowest BCUT2D eigenvalue weighted by molar-refractivity contribution is -0.124. The second-order valence-corrected chi connectivity index (χ2v) is 8.54. The minimum absolute atomic E-state index is 0.0889. The van der Waals surface area contributed by atoms with Crippen LogP contribution in [0.15, 0.2) is 48.5 Å². The molecular formula is C26H33N3O4. The van der Waals surface area contributed by atoms with Crippen LogP contribution in [0.5, 0.6) is 5.75 Å². The molecule has 3 amide bonds. The normalized spacial score (nSPS) is 14.7. The molecule has 0 bridgehead atoms. The number of carbonyl (C=O) groups is 3. The van der Waals surface area contributed by atoms with Crippen molar-refractivity contribution in [3.05, 3.63) is 59.7 Å². The van der Waals surface area contributed by atoms with Gasteiger partial charge in [-0.3, -0.25) is 14.4 Å². The lowest BCUT2D eigenvalue weighted by Crippen LogP contribution is -2.49. The highest BCUT2D eigenvalue weighted by molar-refractivity contribution is 5.97. The van der Waals surface area contributed by atoms with E-state index in [0.717, 1.165) is 30.6 Å². The molecule has 176 valence electrons. The summed E-state index contributed by atoms with van der Waals surface area (Å²) in [6.07, 6.45) is 2.51. The van der Waals surface area contributed by atoms with E-state index in [1.54, 1.807) is 24.3 Å². The van der Waals surface area contributed by atoms with E-state index in [0.29, 0.717) is 30.9 Å². The van der Waals surface area contributed by atoms with E-state index < -0.39 is 6.04 Å². The van der Waals surface area contributed by atoms with Crippen LogP contribution in [-0.4, -0.2) is 36.9 Å². The number of hydrogen-bond donors (Lipinski definition) is 2. The lowest BCUT2D eigenvalue weighted by atomic mass is 10.0. The number of anilines is 1. The molecule has 1 fully saturated rings. The van der Waals surface area contributed by atoms with E-state index in [9.17, 15) is 14.4 Å². The van der Waals surface area contributed by atoms with Gasteiger partial charge in [0.15, 0.2) is 0 Å². The number of nitrogens with one attached hydrogen (secondary N) is 2. The molecule has 0 radical (unpaired) electrons. The Balaban J connectivity index is 1.60. The minimum atomic E-state index is -0.670. The van der Waals surface area contributed by atoms with Crippen molar-refractivity contribution in [2.75, 3.05) is 18.1 Å². The summed E-state index contributed by atoms with van der Waals surface area (Å²) in [5, 5.41) is 5.77. The Bertz CT molecular complexity index is 972. The number of hydrogen-bond acceptors (Lipinski definition) is 4. The van der Waals surface area contributed by atoms with Gasteiger partial charge in [0.1, 0.15) is 11.8 Å². The van der Waals surface area contributed by atoms with Gasteiger partial charge in [0.05, 0.1) is 6.61 Å². The maximum atomic E-state index is 12.9. The van der Waals surface area contributed by atoms with E-state index in [1.165, 1.54) is 0 Å². The summed E-state index contributed by atoms with van der Waals surface area (Å²) in [7, 11) is 0. The fourth-order valence-electron chi connectivity index (χ4n) is 3.84. The molecule has 33 heavy (non-hydrogen) atoms. The number of piperidine rings is 1. The molecule has 2 aromatic rings. The van der Waals surface area contributed by atoms with Crippen LogP contribution in [0.1, 0.15) is 56.0 Å². The summed E-state index contributed by atoms with van der Waals surface area (Å²) < 4.78 is 5.41. The van der Waals surface area contributed by atoms with E-state index in [1.807, 2.05) is 49.9 Å². The van der Waals surface area contributed by atoms with Crippen LogP contribution in [0.4, 0.5) is 5.69 Å². The Morgan fingerprint density at radius 3 is 2.52 bits per heavy atom. The van der Waals surface area contributed by atoms with Gasteiger partial charge in [-0.25, -0.2) is 0 Å². The number of benzene rings is 2. The molecule has 2 N–H and O–H groups in total. The summed E-state index contributed by atoms with van der Waals surface area (Å²) >= 11 is 0. The first-order chi connectivity index (χ1) is 15.9. The molecule has 1 aliphatic heterocycles. The molecule has 1 heterocycles. The zero-order chi connectivity index (χ0) is 23.8. The molecule has 0 aromatic heterocycles. The van der Waals surface area contributed by atoms with E-state index in [4.69, 9.17) is 4.74 Å². The van der Waals surface area contributed by atoms with Crippen LogP contribution in [0.2, 0.25) is 0 Å². The monoisotopic (exact) mass is 451 g/mol. The Hall–Kier alpha value is -3.35. The van der Waals surface area contributed by atoms with Gasteiger partial charge in [-0.1, -0.05) is 26.0 Å². The van der Waals surface area contributed by atoms with Crippen molar-refractivity contribution in [1.82, 2.24) is 10.6 Å². The Morgan fingerprint density at radius 2 is 1.85 bits per heavy atom. The molecule has 7 nitrogen and oxygen atoms in total. The van der Waals surface area contributed by atoms with Crippen molar-refractivity contribution in [2.45, 2.75) is 52.6 Å². The lowest BCUT2D eigenvalue weighted by Gasteiger charge is -2.27. The summed E-state index contributed by atoms with van der Waals surface area (Å²) in [5.41, 5.74) is 2.23. The van der Waals surface area contributed by atoms with Crippen LogP contribution in [0, 0.1) is 5.92 Å². The number of rotatable bonds is 9. The highest BCUT2D eigenvalue weighted by Gasteiger charge is 2.25. The predicted molar refractivity (Wildman–Crippen MR) is 128 cm³/mol. The minimum Gasteiger partial charge on any atom is -0.494 e. The fourth-order valence-corrected chi connectivity index (χ4v) is 3.84. The molecule has 3 rings (SSSR count). The molecule has 0 spiro atoms. The van der Waals surface area contributed by atoms with E-state index in [-0.39, 0.29) is 23.6 Å². The highest BCUT2D eigenvalue weighted by Crippen LogP contribution is 2.22. The highest BCUT2D eigenvalue weighted by atomic mass is 16.5. The largest absolute Gasteiger partial charge is 0.494 e. The smallest absolute Gasteiger partial charge is 0.251 e. The van der Waals surface area contributed by atoms with Crippen molar-refractivity contribution < 1.29 is 19.1 Å². The van der Waals surface area contributed by atoms with Crippen molar-refractivity contribution in [2.24, 2.45) is 5.92 Å². The Labute approximate surface area is 195 Å². The first-order valence-electron chi connectivity index (χ1n) is 11.6. The maximum Gasteiger partial charge on any atom is 0.251 e. The molecular weight excluding hydrogens is 418 g/mol. The van der Waals surface area contributed by atoms with Gasteiger partial charge in [-0.05, 0) is 67.6 Å². The second kappa shape index (κ2) is 11.5. The van der Waals surface area contributed by atoms with Gasteiger partial charge in [-0.15, -0.1) is 0 Å². The maximum absolute atomic E-state index is 12.9. The number of amides is 3. The summed E-state index contributed by atoms with van der Waals surface area (Å²) in [6, 6.07) is 13.8. The number of carbonyl (C=O) groups excluding carboxylic acids is 3. The van der Waals surface area contributed by atoms with Crippen LogP contribution in [-0.2, 0) is 16.1 Å². The van der Waals surface area contributed by atoms with Crippen LogP contribution in [0.3, 0.4) is 0 Å². The second-order valence-electron chi connectivity index (χ2n) is 8.54. The van der Waals surface area contributed by atoms with Crippen molar-refractivity contribution in [1.29, 1.82) is 0 Å². The van der Waals surface area contributed by atoms with Crippen LogP contribution < -0.4 is 20.3 Å². The van der Waals surface area contributed by atoms with Gasteiger partial charge in [0, 0.05) is 30.8 Å². The average molecular weight is 452 g/mol. The average Bonchev–Trinajstić information content (AvgIpc) is 2.82. The van der Waals surface area contributed by atoms with Crippen molar-refractivity contribution in [3.8, 4) is 5.75 Å². The molecule has 2 aromatic carbocycles. The van der Waals surface area contributed by atoms with Crippen LogP contribution in [0.25, 0.3) is 0 Å². The third-order valence-corrected chi connectivity index (χ3v) is 5.68. The van der Waals surface area contributed by atoms with Gasteiger partial charge in [-0.2, -0.15) is 0 Å². The molecule has 0 saturated carbocycles. The molecule has 7 heteroatoms. The first-order valence-corrected chi connectivity index (χ1v) is 11.6. The van der Waals surface area contributed by atoms with Gasteiger partial charge in [0.25, 0.3) is 5.91 Å². The molecule has 1 saturated heterocycles. The van der Waals surface area contributed by atoms with Gasteiger partial charge < -0.3 is 20.3 Å². The van der Waals surface area contributed by atoms with E-state index in [2.05, 4.69) is 10.6 Å². The fraction of sp³-hybridized carbons (Fsp3) is 0.423. The molecule has 0 aliphatic carbocycles. The number of ether oxygens (including phenoxy) is 1.